The fourth-order valence-electron chi connectivity index (χ4n) is 2.33. The molecule has 0 saturated heterocycles. The highest BCUT2D eigenvalue weighted by atomic mass is 79.9. The maximum absolute atomic E-state index is 12.5. The summed E-state index contributed by atoms with van der Waals surface area (Å²) in [5.41, 5.74) is 1.06. The Morgan fingerprint density at radius 1 is 1.10 bits per heavy atom. The van der Waals surface area contributed by atoms with E-state index in [0.29, 0.717) is 4.90 Å². The Hall–Kier alpha value is -0.820. The van der Waals surface area contributed by atoms with Crippen LogP contribution >= 0.6 is 27.7 Å². The van der Waals surface area contributed by atoms with Crippen molar-refractivity contribution in [2.75, 3.05) is 5.75 Å². The molecule has 0 unspecified atom stereocenters. The Morgan fingerprint density at radius 2 is 1.81 bits per heavy atom. The summed E-state index contributed by atoms with van der Waals surface area (Å²) < 4.78 is 28.7. The van der Waals surface area contributed by atoms with Crippen molar-refractivity contribution < 1.29 is 8.42 Å². The second kappa shape index (κ2) is 6.12. The highest BCUT2D eigenvalue weighted by molar-refractivity contribution is 9.10. The highest BCUT2D eigenvalue weighted by Crippen LogP contribution is 2.36. The number of halogens is 1. The predicted octanol–water partition coefficient (Wildman–Crippen LogP) is 3.96. The first-order valence-electron chi connectivity index (χ1n) is 6.56. The van der Waals surface area contributed by atoms with Gasteiger partial charge in [0.15, 0.2) is 0 Å². The molecule has 0 amide bonds. The van der Waals surface area contributed by atoms with Crippen molar-refractivity contribution in [3.05, 3.63) is 58.6 Å². The summed E-state index contributed by atoms with van der Waals surface area (Å²) in [4.78, 5) is 1.45. The standard InChI is InChI=1S/C15H14BrNO2S2/c16-11-5-7-12(8-6-11)21(18,19)17-14-9-10-20-15-4-2-1-3-13(14)15/h1-8,14,17H,9-10H2/t14-/m0/s1. The maximum Gasteiger partial charge on any atom is 0.241 e. The molecule has 0 bridgehead atoms. The van der Waals surface area contributed by atoms with Gasteiger partial charge in [0.1, 0.15) is 0 Å². The van der Waals surface area contributed by atoms with Crippen molar-refractivity contribution >= 4 is 37.7 Å². The summed E-state index contributed by atoms with van der Waals surface area (Å²) in [6.45, 7) is 0. The molecular weight excluding hydrogens is 370 g/mol. The van der Waals surface area contributed by atoms with Crippen molar-refractivity contribution in [2.24, 2.45) is 0 Å². The van der Waals surface area contributed by atoms with E-state index in [1.807, 2.05) is 24.3 Å². The lowest BCUT2D eigenvalue weighted by molar-refractivity contribution is 0.546. The topological polar surface area (TPSA) is 46.2 Å². The van der Waals surface area contributed by atoms with Crippen LogP contribution in [0.15, 0.2) is 62.8 Å². The number of benzene rings is 2. The van der Waals surface area contributed by atoms with Crippen LogP contribution < -0.4 is 4.72 Å². The second-order valence-corrected chi connectivity index (χ2v) is 8.57. The quantitative estimate of drug-likeness (QED) is 0.871. The zero-order valence-electron chi connectivity index (χ0n) is 11.1. The van der Waals surface area contributed by atoms with E-state index in [0.717, 1.165) is 27.1 Å². The Balaban J connectivity index is 1.88. The molecule has 0 saturated carbocycles. The van der Waals surface area contributed by atoms with E-state index >= 15 is 0 Å². The largest absolute Gasteiger partial charge is 0.241 e. The third-order valence-electron chi connectivity index (χ3n) is 3.38. The molecule has 0 fully saturated rings. The Morgan fingerprint density at radius 3 is 2.57 bits per heavy atom. The van der Waals surface area contributed by atoms with E-state index in [1.54, 1.807) is 36.0 Å². The van der Waals surface area contributed by atoms with Crippen molar-refractivity contribution in [2.45, 2.75) is 22.3 Å². The lowest BCUT2D eigenvalue weighted by atomic mass is 10.1. The maximum atomic E-state index is 12.5. The summed E-state index contributed by atoms with van der Waals surface area (Å²) in [5, 5.41) is 0. The molecule has 3 nitrogen and oxygen atoms in total. The smallest absolute Gasteiger partial charge is 0.207 e. The molecule has 3 rings (SSSR count). The third kappa shape index (κ3) is 3.34. The van der Waals surface area contributed by atoms with Gasteiger partial charge in [-0.2, -0.15) is 0 Å². The first kappa shape index (κ1) is 15.1. The molecule has 0 spiro atoms. The van der Waals surface area contributed by atoms with Gasteiger partial charge in [0, 0.05) is 15.4 Å². The SMILES string of the molecule is O=S(=O)(N[C@H]1CCSc2ccccc21)c1ccc(Br)cc1. The molecule has 110 valence electrons. The summed E-state index contributed by atoms with van der Waals surface area (Å²) >= 11 is 5.09. The van der Waals surface area contributed by atoms with Crippen LogP contribution in [-0.4, -0.2) is 14.2 Å². The van der Waals surface area contributed by atoms with Crippen molar-refractivity contribution in [3.8, 4) is 0 Å². The van der Waals surface area contributed by atoms with Crippen LogP contribution in [0.1, 0.15) is 18.0 Å². The third-order valence-corrected chi connectivity index (χ3v) is 6.52. The minimum Gasteiger partial charge on any atom is -0.207 e. The molecule has 2 aromatic rings. The number of nitrogens with one attached hydrogen (secondary N) is 1. The van der Waals surface area contributed by atoms with E-state index in [1.165, 1.54) is 0 Å². The van der Waals surface area contributed by atoms with E-state index < -0.39 is 10.0 Å². The molecule has 1 aliphatic heterocycles. The monoisotopic (exact) mass is 383 g/mol. The normalized spacial score (nSPS) is 18.2. The number of rotatable bonds is 3. The molecule has 0 aliphatic carbocycles. The van der Waals surface area contributed by atoms with Gasteiger partial charge in [-0.25, -0.2) is 13.1 Å². The summed E-state index contributed by atoms with van der Waals surface area (Å²) in [6.07, 6.45) is 0.803. The zero-order valence-corrected chi connectivity index (χ0v) is 14.3. The van der Waals surface area contributed by atoms with Crippen molar-refractivity contribution in [1.82, 2.24) is 4.72 Å². The van der Waals surface area contributed by atoms with Crippen molar-refractivity contribution in [3.63, 3.8) is 0 Å². The van der Waals surface area contributed by atoms with Gasteiger partial charge in [0.05, 0.1) is 4.90 Å². The Labute approximate surface area is 137 Å². The molecule has 1 aliphatic rings. The zero-order chi connectivity index (χ0) is 14.9. The number of hydrogen-bond donors (Lipinski definition) is 1. The van der Waals surface area contributed by atoms with Crippen LogP contribution in [0, 0.1) is 0 Å². The van der Waals surface area contributed by atoms with Gasteiger partial charge in [0.2, 0.25) is 10.0 Å². The van der Waals surface area contributed by atoms with E-state index in [9.17, 15) is 8.42 Å². The van der Waals surface area contributed by atoms with Gasteiger partial charge in [-0.05, 0) is 48.1 Å². The Kier molecular flexibility index (Phi) is 4.40. The van der Waals surface area contributed by atoms with E-state index in [-0.39, 0.29) is 6.04 Å². The van der Waals surface area contributed by atoms with Crippen LogP contribution in [0.25, 0.3) is 0 Å². The number of hydrogen-bond acceptors (Lipinski definition) is 3. The van der Waals surface area contributed by atoms with Crippen LogP contribution in [0.5, 0.6) is 0 Å². The lowest BCUT2D eigenvalue weighted by Crippen LogP contribution is -2.30. The molecule has 6 heteroatoms. The second-order valence-electron chi connectivity index (χ2n) is 4.80. The van der Waals surface area contributed by atoms with Crippen molar-refractivity contribution in [1.29, 1.82) is 0 Å². The average molecular weight is 384 g/mol. The van der Waals surface area contributed by atoms with Crippen LogP contribution in [0.4, 0.5) is 0 Å². The lowest BCUT2D eigenvalue weighted by Gasteiger charge is -2.25. The molecule has 0 aromatic heterocycles. The first-order chi connectivity index (χ1) is 10.1. The van der Waals surface area contributed by atoms with E-state index in [4.69, 9.17) is 0 Å². The molecule has 1 N–H and O–H groups in total. The van der Waals surface area contributed by atoms with Crippen LogP contribution in [-0.2, 0) is 10.0 Å². The summed E-state index contributed by atoms with van der Waals surface area (Å²) in [5.74, 6) is 0.921. The van der Waals surface area contributed by atoms with Gasteiger partial charge in [0.25, 0.3) is 0 Å². The van der Waals surface area contributed by atoms with Gasteiger partial charge < -0.3 is 0 Å². The number of fused-ring (bicyclic) bond motifs is 1. The molecular formula is C15H14BrNO2S2. The Bertz CT molecular complexity index is 745. The van der Waals surface area contributed by atoms with Crippen LogP contribution in [0.2, 0.25) is 0 Å². The highest BCUT2D eigenvalue weighted by Gasteiger charge is 2.25. The minimum absolute atomic E-state index is 0.156. The first-order valence-corrected chi connectivity index (χ1v) is 9.82. The van der Waals surface area contributed by atoms with Gasteiger partial charge in [-0.3, -0.25) is 0 Å². The molecule has 0 radical (unpaired) electrons. The predicted molar refractivity (Wildman–Crippen MR) is 89.0 cm³/mol. The average Bonchev–Trinajstić information content (AvgIpc) is 2.48. The summed E-state index contributed by atoms with van der Waals surface area (Å²) in [6, 6.07) is 14.5. The van der Waals surface area contributed by atoms with Gasteiger partial charge in [-0.15, -0.1) is 11.8 Å². The van der Waals surface area contributed by atoms with Gasteiger partial charge >= 0.3 is 0 Å². The molecule has 1 atom stereocenters. The molecule has 2 aromatic carbocycles. The van der Waals surface area contributed by atoms with Gasteiger partial charge in [-0.1, -0.05) is 34.1 Å². The fourth-order valence-corrected chi connectivity index (χ4v) is 4.97. The minimum atomic E-state index is -3.50. The molecule has 21 heavy (non-hydrogen) atoms. The van der Waals surface area contributed by atoms with E-state index in [2.05, 4.69) is 20.7 Å². The molecule has 1 heterocycles. The number of sulfonamides is 1. The summed E-state index contributed by atoms with van der Waals surface area (Å²) in [7, 11) is -3.50. The number of thioether (sulfide) groups is 1. The fraction of sp³-hybridized carbons (Fsp3) is 0.200. The van der Waals surface area contributed by atoms with Crippen LogP contribution in [0.3, 0.4) is 0 Å².